The third-order valence-corrected chi connectivity index (χ3v) is 4.50. The van der Waals surface area contributed by atoms with Crippen LogP contribution in [-0.2, 0) is 17.8 Å². The second-order valence-electron chi connectivity index (χ2n) is 6.82. The van der Waals surface area contributed by atoms with Crippen LogP contribution in [-0.4, -0.2) is 18.7 Å². The lowest BCUT2D eigenvalue weighted by Gasteiger charge is -2.26. The van der Waals surface area contributed by atoms with E-state index in [-0.39, 0.29) is 0 Å². The summed E-state index contributed by atoms with van der Waals surface area (Å²) in [6.07, 6.45) is 6.67. The lowest BCUT2D eigenvalue weighted by Crippen LogP contribution is -2.25. The zero-order chi connectivity index (χ0) is 15.1. The van der Waals surface area contributed by atoms with Gasteiger partial charge in [0.1, 0.15) is 0 Å². The third-order valence-electron chi connectivity index (χ3n) is 4.50. The van der Waals surface area contributed by atoms with Crippen molar-refractivity contribution >= 4 is 0 Å². The van der Waals surface area contributed by atoms with Crippen LogP contribution >= 0.6 is 0 Å². The zero-order valence-electron chi connectivity index (χ0n) is 13.9. The zero-order valence-corrected chi connectivity index (χ0v) is 13.9. The van der Waals surface area contributed by atoms with Crippen molar-refractivity contribution < 1.29 is 4.74 Å². The minimum absolute atomic E-state index is 0.475. The van der Waals surface area contributed by atoms with Crippen LogP contribution in [0.1, 0.15) is 57.6 Å². The van der Waals surface area contributed by atoms with Gasteiger partial charge in [0.25, 0.3) is 0 Å². The second kappa shape index (κ2) is 8.55. The van der Waals surface area contributed by atoms with Gasteiger partial charge in [-0.1, -0.05) is 45.0 Å². The van der Waals surface area contributed by atoms with Crippen molar-refractivity contribution in [2.24, 2.45) is 5.92 Å². The van der Waals surface area contributed by atoms with Gasteiger partial charge < -0.3 is 10.1 Å². The molecule has 1 N–H and O–H groups in total. The Labute approximate surface area is 130 Å². The van der Waals surface area contributed by atoms with E-state index >= 15 is 0 Å². The molecule has 0 aliphatic heterocycles. The molecular weight excluding hydrogens is 258 g/mol. The van der Waals surface area contributed by atoms with E-state index in [1.165, 1.54) is 36.8 Å². The number of nitrogens with one attached hydrogen (secondary N) is 1. The number of benzene rings is 1. The van der Waals surface area contributed by atoms with Gasteiger partial charge in [0.15, 0.2) is 0 Å². The molecule has 2 nitrogen and oxygen atoms in total. The highest BCUT2D eigenvalue weighted by Gasteiger charge is 2.18. The first kappa shape index (κ1) is 16.5. The molecule has 0 bridgehead atoms. The Hall–Kier alpha value is -0.860. The van der Waals surface area contributed by atoms with E-state index in [2.05, 4.69) is 50.4 Å². The SMILES string of the molecule is CC1CCC(OCc2ccccc2CCNC(C)C)CC1. The molecule has 2 heteroatoms. The Morgan fingerprint density at radius 3 is 2.43 bits per heavy atom. The van der Waals surface area contributed by atoms with Gasteiger partial charge in [-0.05, 0) is 55.7 Å². The summed E-state index contributed by atoms with van der Waals surface area (Å²) < 4.78 is 6.17. The average molecular weight is 289 g/mol. The van der Waals surface area contributed by atoms with E-state index < -0.39 is 0 Å². The maximum atomic E-state index is 6.17. The van der Waals surface area contributed by atoms with Crippen LogP contribution in [0.4, 0.5) is 0 Å². The highest BCUT2D eigenvalue weighted by atomic mass is 16.5. The van der Waals surface area contributed by atoms with Crippen LogP contribution in [0.15, 0.2) is 24.3 Å². The molecule has 118 valence electrons. The largest absolute Gasteiger partial charge is 0.374 e. The van der Waals surface area contributed by atoms with Gasteiger partial charge in [0.05, 0.1) is 12.7 Å². The molecule has 1 fully saturated rings. The Morgan fingerprint density at radius 2 is 1.76 bits per heavy atom. The van der Waals surface area contributed by atoms with Crippen LogP contribution in [0, 0.1) is 5.92 Å². The maximum Gasteiger partial charge on any atom is 0.0723 e. The third kappa shape index (κ3) is 5.80. The second-order valence-corrected chi connectivity index (χ2v) is 6.82. The molecule has 1 aromatic carbocycles. The predicted molar refractivity (Wildman–Crippen MR) is 89.5 cm³/mol. The molecule has 0 radical (unpaired) electrons. The standard InChI is InChI=1S/C19H31NO/c1-15(2)20-13-12-17-6-4-5-7-18(17)14-21-19-10-8-16(3)9-11-19/h4-7,15-16,19-20H,8-14H2,1-3H3. The first-order valence-corrected chi connectivity index (χ1v) is 8.57. The molecule has 1 aliphatic rings. The van der Waals surface area contributed by atoms with E-state index in [0.29, 0.717) is 12.1 Å². The smallest absolute Gasteiger partial charge is 0.0723 e. The summed E-state index contributed by atoms with van der Waals surface area (Å²) in [5, 5.41) is 3.49. The van der Waals surface area contributed by atoms with Crippen molar-refractivity contribution in [3.05, 3.63) is 35.4 Å². The minimum Gasteiger partial charge on any atom is -0.374 e. The van der Waals surface area contributed by atoms with Crippen molar-refractivity contribution in [3.63, 3.8) is 0 Å². The van der Waals surface area contributed by atoms with Crippen molar-refractivity contribution in [3.8, 4) is 0 Å². The van der Waals surface area contributed by atoms with Gasteiger partial charge >= 0.3 is 0 Å². The van der Waals surface area contributed by atoms with Crippen LogP contribution in [0.3, 0.4) is 0 Å². The lowest BCUT2D eigenvalue weighted by molar-refractivity contribution is 0.00848. The fourth-order valence-electron chi connectivity index (χ4n) is 3.04. The van der Waals surface area contributed by atoms with E-state index in [0.717, 1.165) is 25.5 Å². The van der Waals surface area contributed by atoms with Crippen LogP contribution < -0.4 is 5.32 Å². The topological polar surface area (TPSA) is 21.3 Å². The molecule has 2 rings (SSSR count). The van der Waals surface area contributed by atoms with Gasteiger partial charge in [0.2, 0.25) is 0 Å². The molecule has 0 amide bonds. The molecule has 0 saturated heterocycles. The Morgan fingerprint density at radius 1 is 1.10 bits per heavy atom. The summed E-state index contributed by atoms with van der Waals surface area (Å²) in [7, 11) is 0. The van der Waals surface area contributed by atoms with Crippen molar-refractivity contribution in [2.45, 2.75) is 71.6 Å². The van der Waals surface area contributed by atoms with Crippen LogP contribution in [0.2, 0.25) is 0 Å². The fourth-order valence-corrected chi connectivity index (χ4v) is 3.04. The molecule has 21 heavy (non-hydrogen) atoms. The lowest BCUT2D eigenvalue weighted by atomic mass is 9.89. The van der Waals surface area contributed by atoms with Gasteiger partial charge in [-0.15, -0.1) is 0 Å². The van der Waals surface area contributed by atoms with Crippen molar-refractivity contribution in [1.82, 2.24) is 5.32 Å². The molecule has 0 spiro atoms. The molecular formula is C19H31NO. The summed E-state index contributed by atoms with van der Waals surface area (Å²) in [4.78, 5) is 0. The molecule has 1 aromatic rings. The molecule has 1 aliphatic carbocycles. The van der Waals surface area contributed by atoms with Crippen LogP contribution in [0.25, 0.3) is 0 Å². The molecule has 1 saturated carbocycles. The molecule has 0 atom stereocenters. The number of hydrogen-bond donors (Lipinski definition) is 1. The number of ether oxygens (including phenoxy) is 1. The van der Waals surface area contributed by atoms with Gasteiger partial charge in [-0.2, -0.15) is 0 Å². The minimum atomic E-state index is 0.475. The van der Waals surface area contributed by atoms with Gasteiger partial charge in [-0.3, -0.25) is 0 Å². The summed E-state index contributed by atoms with van der Waals surface area (Å²) in [5.74, 6) is 0.888. The molecule has 0 heterocycles. The monoisotopic (exact) mass is 289 g/mol. The van der Waals surface area contributed by atoms with Gasteiger partial charge in [-0.25, -0.2) is 0 Å². The Bertz CT molecular complexity index is 408. The molecule has 0 aromatic heterocycles. The summed E-state index contributed by atoms with van der Waals surface area (Å²) in [6.45, 7) is 8.55. The predicted octanol–water partition coefficient (Wildman–Crippen LogP) is 4.32. The van der Waals surface area contributed by atoms with Crippen molar-refractivity contribution in [1.29, 1.82) is 0 Å². The Kier molecular flexibility index (Phi) is 6.72. The van der Waals surface area contributed by atoms with E-state index in [9.17, 15) is 0 Å². The maximum absolute atomic E-state index is 6.17. The number of hydrogen-bond acceptors (Lipinski definition) is 2. The van der Waals surface area contributed by atoms with E-state index in [1.807, 2.05) is 0 Å². The average Bonchev–Trinajstić information content (AvgIpc) is 2.47. The Balaban J connectivity index is 1.82. The summed E-state index contributed by atoms with van der Waals surface area (Å²) in [6, 6.07) is 9.27. The summed E-state index contributed by atoms with van der Waals surface area (Å²) in [5.41, 5.74) is 2.79. The quantitative estimate of drug-likeness (QED) is 0.807. The van der Waals surface area contributed by atoms with E-state index in [4.69, 9.17) is 4.74 Å². The molecule has 0 unspecified atom stereocenters. The van der Waals surface area contributed by atoms with Crippen LogP contribution in [0.5, 0.6) is 0 Å². The van der Waals surface area contributed by atoms with Gasteiger partial charge in [0, 0.05) is 6.04 Å². The van der Waals surface area contributed by atoms with E-state index in [1.54, 1.807) is 0 Å². The summed E-state index contributed by atoms with van der Waals surface area (Å²) >= 11 is 0. The number of rotatable bonds is 7. The highest BCUT2D eigenvalue weighted by molar-refractivity contribution is 5.26. The first-order valence-electron chi connectivity index (χ1n) is 8.57. The normalized spacial score (nSPS) is 22.7. The highest BCUT2D eigenvalue weighted by Crippen LogP contribution is 2.26. The first-order chi connectivity index (χ1) is 10.1. The van der Waals surface area contributed by atoms with Crippen molar-refractivity contribution in [2.75, 3.05) is 6.54 Å². The fraction of sp³-hybridized carbons (Fsp3) is 0.684.